The predicted molar refractivity (Wildman–Crippen MR) is 206 cm³/mol. The first-order valence-electron chi connectivity index (χ1n) is 16.5. The summed E-state index contributed by atoms with van der Waals surface area (Å²) in [5.41, 5.74) is 8.79. The lowest BCUT2D eigenvalue weighted by molar-refractivity contribution is 1.19. The Hall–Kier alpha value is -5.83. The van der Waals surface area contributed by atoms with Crippen LogP contribution in [0.1, 0.15) is 0 Å². The second-order valence-corrected chi connectivity index (χ2v) is 13.9. The first-order valence-corrected chi connectivity index (χ1v) is 17.3. The fraction of sp³-hybridized carbons (Fsp3) is 0. The first-order chi connectivity index (χ1) is 23.8. The van der Waals surface area contributed by atoms with Crippen LogP contribution in [0.15, 0.2) is 174 Å². The van der Waals surface area contributed by atoms with Crippen LogP contribution in [0.5, 0.6) is 0 Å². The van der Waals surface area contributed by atoms with Crippen LogP contribution in [0, 0.1) is 0 Å². The number of hydrogen-bond donors (Lipinski definition) is 0. The Labute approximate surface area is 281 Å². The minimum Gasteiger partial charge on any atom is -0.309 e. The van der Waals surface area contributed by atoms with Gasteiger partial charge in [-0.3, -0.25) is 0 Å². The minimum atomic E-state index is 1.18. The number of nitrogens with zero attached hydrogens (tertiary/aromatic N) is 1. The highest BCUT2D eigenvalue weighted by Crippen LogP contribution is 2.50. The van der Waals surface area contributed by atoms with Gasteiger partial charge in [0.25, 0.3) is 0 Å². The quantitative estimate of drug-likeness (QED) is 0.173. The summed E-state index contributed by atoms with van der Waals surface area (Å²) < 4.78 is 2.45. The van der Waals surface area contributed by atoms with E-state index in [1.54, 1.807) is 0 Å². The van der Waals surface area contributed by atoms with Crippen molar-refractivity contribution in [3.63, 3.8) is 0 Å². The number of hydrogen-bond acceptors (Lipinski definition) is 1. The number of para-hydroxylation sites is 1. The maximum absolute atomic E-state index is 2.45. The van der Waals surface area contributed by atoms with Gasteiger partial charge in [0, 0.05) is 31.6 Å². The largest absolute Gasteiger partial charge is 0.309 e. The van der Waals surface area contributed by atoms with E-state index in [9.17, 15) is 0 Å². The van der Waals surface area contributed by atoms with E-state index in [1.165, 1.54) is 103 Å². The number of benzene rings is 9. The fourth-order valence-electron chi connectivity index (χ4n) is 8.29. The maximum atomic E-state index is 2.45. The van der Waals surface area contributed by atoms with Crippen molar-refractivity contribution in [3.8, 4) is 27.9 Å². The van der Waals surface area contributed by atoms with E-state index >= 15 is 0 Å². The summed E-state index contributed by atoms with van der Waals surface area (Å²) in [6, 6.07) is 60.7. The van der Waals surface area contributed by atoms with Gasteiger partial charge >= 0.3 is 0 Å². The molecule has 2 heterocycles. The van der Waals surface area contributed by atoms with Crippen LogP contribution in [0.2, 0.25) is 0 Å². The van der Waals surface area contributed by atoms with Crippen LogP contribution in [-0.4, -0.2) is 4.57 Å². The summed E-state index contributed by atoms with van der Waals surface area (Å²) in [6.07, 6.45) is 0. The molecular weight excluding hydrogens is 599 g/mol. The molecule has 1 aromatic heterocycles. The summed E-state index contributed by atoms with van der Waals surface area (Å²) in [4.78, 5) is 2.66. The summed E-state index contributed by atoms with van der Waals surface area (Å²) >= 11 is 1.88. The molecule has 1 aliphatic rings. The van der Waals surface area contributed by atoms with Crippen molar-refractivity contribution in [2.45, 2.75) is 9.79 Å². The molecule has 0 saturated heterocycles. The second-order valence-electron chi connectivity index (χ2n) is 12.8. The normalized spacial score (nSPS) is 12.5. The van der Waals surface area contributed by atoms with E-state index in [-0.39, 0.29) is 0 Å². The average Bonchev–Trinajstić information content (AvgIpc) is 3.49. The van der Waals surface area contributed by atoms with Gasteiger partial charge < -0.3 is 4.57 Å². The lowest BCUT2D eigenvalue weighted by atomic mass is 9.92. The molecule has 0 atom stereocenters. The summed E-state index contributed by atoms with van der Waals surface area (Å²) in [5.74, 6) is 0. The van der Waals surface area contributed by atoms with Gasteiger partial charge in [0.05, 0.1) is 11.0 Å². The Balaban J connectivity index is 1.15. The van der Waals surface area contributed by atoms with Crippen molar-refractivity contribution in [2.75, 3.05) is 0 Å². The van der Waals surface area contributed by atoms with E-state index in [2.05, 4.69) is 168 Å². The Morgan fingerprint density at radius 2 is 0.958 bits per heavy atom. The lowest BCUT2D eigenvalue weighted by Crippen LogP contribution is -1.95. The highest BCUT2D eigenvalue weighted by atomic mass is 32.2. The number of rotatable bonds is 2. The van der Waals surface area contributed by atoms with Gasteiger partial charge in [0.1, 0.15) is 0 Å². The molecule has 9 aromatic carbocycles. The molecule has 0 amide bonds. The Morgan fingerprint density at radius 1 is 0.333 bits per heavy atom. The van der Waals surface area contributed by atoms with Gasteiger partial charge in [0.15, 0.2) is 0 Å². The maximum Gasteiger partial charge on any atom is 0.0541 e. The van der Waals surface area contributed by atoms with Crippen LogP contribution in [0.3, 0.4) is 0 Å². The smallest absolute Gasteiger partial charge is 0.0541 e. The van der Waals surface area contributed by atoms with Gasteiger partial charge in [0.2, 0.25) is 0 Å². The monoisotopic (exact) mass is 625 g/mol. The van der Waals surface area contributed by atoms with E-state index < -0.39 is 0 Å². The van der Waals surface area contributed by atoms with Crippen LogP contribution >= 0.6 is 11.8 Å². The second kappa shape index (κ2) is 9.84. The third kappa shape index (κ3) is 3.58. The van der Waals surface area contributed by atoms with E-state index in [0.717, 1.165) is 0 Å². The molecule has 10 aromatic rings. The van der Waals surface area contributed by atoms with Crippen molar-refractivity contribution in [1.82, 2.24) is 4.57 Å². The van der Waals surface area contributed by atoms with Crippen LogP contribution in [0.4, 0.5) is 0 Å². The molecule has 0 aliphatic carbocycles. The van der Waals surface area contributed by atoms with Crippen molar-refractivity contribution < 1.29 is 0 Å². The van der Waals surface area contributed by atoms with Gasteiger partial charge in [-0.15, -0.1) is 0 Å². The zero-order valence-corrected chi connectivity index (χ0v) is 26.8. The average molecular weight is 626 g/mol. The van der Waals surface area contributed by atoms with Crippen LogP contribution in [0.25, 0.3) is 92.8 Å². The zero-order valence-electron chi connectivity index (χ0n) is 25.9. The Bertz CT molecular complexity index is 2950. The number of fused-ring (bicyclic) bond motifs is 11. The molecule has 0 saturated carbocycles. The third-order valence-electron chi connectivity index (χ3n) is 10.4. The highest BCUT2D eigenvalue weighted by molar-refractivity contribution is 7.99. The predicted octanol–water partition coefficient (Wildman–Crippen LogP) is 13.2. The van der Waals surface area contributed by atoms with Crippen LogP contribution < -0.4 is 0 Å². The van der Waals surface area contributed by atoms with E-state index in [4.69, 9.17) is 0 Å². The van der Waals surface area contributed by atoms with Crippen LogP contribution in [-0.2, 0) is 0 Å². The topological polar surface area (TPSA) is 4.93 Å². The van der Waals surface area contributed by atoms with Gasteiger partial charge in [-0.25, -0.2) is 0 Å². The Kier molecular flexibility index (Phi) is 5.38. The van der Waals surface area contributed by atoms with Crippen molar-refractivity contribution in [1.29, 1.82) is 0 Å². The third-order valence-corrected chi connectivity index (χ3v) is 11.5. The standard InChI is InChI=1S/C46H27NS/c1-2-12-33-31(10-1)32-11-3-4-13-34(32)40-27-29(21-22-35(33)40)47-42-18-7-5-14-36(42)41-26-28(20-24-43(41)47)30-23-25-45-46-38(30)16-9-17-39(46)37-15-6-8-19-44(37)48-45/h1-27H. The molecule has 0 bridgehead atoms. The minimum absolute atomic E-state index is 1.18. The van der Waals surface area contributed by atoms with Crippen molar-refractivity contribution in [2.24, 2.45) is 0 Å². The van der Waals surface area contributed by atoms with Crippen molar-refractivity contribution in [3.05, 3.63) is 164 Å². The molecular formula is C46H27NS. The van der Waals surface area contributed by atoms with Gasteiger partial charge in [-0.1, -0.05) is 133 Å². The van der Waals surface area contributed by atoms with E-state index in [0.29, 0.717) is 0 Å². The molecule has 0 fully saturated rings. The zero-order chi connectivity index (χ0) is 31.3. The highest BCUT2D eigenvalue weighted by Gasteiger charge is 2.21. The lowest BCUT2D eigenvalue weighted by Gasteiger charge is -2.21. The molecule has 222 valence electrons. The Morgan fingerprint density at radius 3 is 1.77 bits per heavy atom. The van der Waals surface area contributed by atoms with E-state index in [1.807, 2.05) is 11.8 Å². The molecule has 1 nitrogen and oxygen atoms in total. The summed E-state index contributed by atoms with van der Waals surface area (Å²) in [5, 5.41) is 13.0. The molecule has 0 N–H and O–H groups in total. The summed E-state index contributed by atoms with van der Waals surface area (Å²) in [6.45, 7) is 0. The fourth-order valence-corrected chi connectivity index (χ4v) is 9.42. The molecule has 0 radical (unpaired) electrons. The first kappa shape index (κ1) is 26.3. The number of aromatic nitrogens is 1. The molecule has 2 heteroatoms. The molecule has 1 aliphatic heterocycles. The molecule has 0 unspecified atom stereocenters. The van der Waals surface area contributed by atoms with Gasteiger partial charge in [-0.2, -0.15) is 0 Å². The summed E-state index contributed by atoms with van der Waals surface area (Å²) in [7, 11) is 0. The van der Waals surface area contributed by atoms with Crippen molar-refractivity contribution >= 4 is 76.7 Å². The SMILES string of the molecule is c1ccc2c(c1)Sc1ccc(-c3ccc4c(c3)c3ccccc3n4-c3ccc4c5ccccc5c5ccccc5c4c3)c3cccc-2c13. The molecule has 48 heavy (non-hydrogen) atoms. The van der Waals surface area contributed by atoms with Gasteiger partial charge in [-0.05, 0) is 102 Å². The molecule has 0 spiro atoms. The molecule has 11 rings (SSSR count).